The number of fused-ring (bicyclic) bond motifs is 2. The van der Waals surface area contributed by atoms with Crippen molar-refractivity contribution < 1.29 is 24.6 Å². The number of carboxylic acids is 2. The SMILES string of the molecule is CC(=O)c1ccc2c(c1)C(CCCN(C)C)c1ccccc1S2.O=C(O)/C=C\C(=O)O. The zero-order valence-corrected chi connectivity index (χ0v) is 18.7. The molecule has 0 aromatic heterocycles. The summed E-state index contributed by atoms with van der Waals surface area (Å²) in [5, 5.41) is 15.6. The highest BCUT2D eigenvalue weighted by atomic mass is 32.2. The van der Waals surface area contributed by atoms with Crippen molar-refractivity contribution in [2.45, 2.75) is 35.5 Å². The van der Waals surface area contributed by atoms with Crippen molar-refractivity contribution in [3.8, 4) is 0 Å². The minimum atomic E-state index is -1.26. The van der Waals surface area contributed by atoms with E-state index in [2.05, 4.69) is 55.4 Å². The third-order valence-electron chi connectivity index (χ3n) is 4.77. The maximum Gasteiger partial charge on any atom is 0.328 e. The van der Waals surface area contributed by atoms with E-state index in [0.29, 0.717) is 18.1 Å². The first-order chi connectivity index (χ1) is 14.7. The molecule has 1 heterocycles. The van der Waals surface area contributed by atoms with Gasteiger partial charge in [-0.2, -0.15) is 0 Å². The number of carbonyl (C=O) groups excluding carboxylic acids is 1. The van der Waals surface area contributed by atoms with Crippen LogP contribution in [0.1, 0.15) is 47.2 Å². The van der Waals surface area contributed by atoms with E-state index < -0.39 is 11.9 Å². The molecule has 0 spiro atoms. The number of hydrogen-bond acceptors (Lipinski definition) is 5. The Hall–Kier alpha value is -2.90. The van der Waals surface area contributed by atoms with Crippen LogP contribution >= 0.6 is 11.8 Å². The molecule has 2 N–H and O–H groups in total. The van der Waals surface area contributed by atoms with E-state index in [9.17, 15) is 14.4 Å². The average molecular weight is 442 g/mol. The Morgan fingerprint density at radius 1 is 0.968 bits per heavy atom. The molecule has 0 bridgehead atoms. The number of nitrogens with zero attached hydrogens (tertiary/aromatic N) is 1. The van der Waals surface area contributed by atoms with Crippen LogP contribution < -0.4 is 0 Å². The predicted molar refractivity (Wildman–Crippen MR) is 121 cm³/mol. The zero-order valence-electron chi connectivity index (χ0n) is 17.9. The van der Waals surface area contributed by atoms with E-state index in [1.807, 2.05) is 17.8 Å². The fourth-order valence-corrected chi connectivity index (χ4v) is 4.51. The second-order valence-corrected chi connectivity index (χ2v) is 8.54. The van der Waals surface area contributed by atoms with Crippen LogP contribution in [0.4, 0.5) is 0 Å². The first kappa shape index (κ1) is 24.4. The lowest BCUT2D eigenvalue weighted by atomic mass is 9.86. The Balaban J connectivity index is 0.000000366. The Labute approximate surface area is 186 Å². The van der Waals surface area contributed by atoms with Gasteiger partial charge in [-0.3, -0.25) is 4.79 Å². The summed E-state index contributed by atoms with van der Waals surface area (Å²) in [6.45, 7) is 2.74. The van der Waals surface area contributed by atoms with Crippen LogP contribution in [0.2, 0.25) is 0 Å². The molecule has 3 rings (SSSR count). The first-order valence-electron chi connectivity index (χ1n) is 9.89. The van der Waals surface area contributed by atoms with Gasteiger partial charge in [-0.15, -0.1) is 0 Å². The number of carboxylic acid groups (broad SMARTS) is 2. The molecule has 0 fully saturated rings. The summed E-state index contributed by atoms with van der Waals surface area (Å²) in [4.78, 5) is 35.8. The summed E-state index contributed by atoms with van der Waals surface area (Å²) >= 11 is 1.82. The molecule has 0 aliphatic carbocycles. The van der Waals surface area contributed by atoms with Gasteiger partial charge in [-0.25, -0.2) is 9.59 Å². The van der Waals surface area contributed by atoms with Crippen molar-refractivity contribution >= 4 is 29.5 Å². The predicted octanol–water partition coefficient (Wildman–Crippen LogP) is 4.54. The van der Waals surface area contributed by atoms with Gasteiger partial charge in [-0.1, -0.05) is 36.0 Å². The van der Waals surface area contributed by atoms with Crippen molar-refractivity contribution in [2.24, 2.45) is 0 Å². The van der Waals surface area contributed by atoms with Crippen molar-refractivity contribution in [3.63, 3.8) is 0 Å². The van der Waals surface area contributed by atoms with E-state index in [4.69, 9.17) is 10.2 Å². The molecule has 1 aliphatic rings. The standard InChI is InChI=1S/C20H23NOS.C4H4O4/c1-14(22)15-10-11-20-18(13-15)16(8-6-12-21(2)3)17-7-4-5-9-19(17)23-20;5-3(6)1-2-4(7)8/h4-5,7,9-11,13,16H,6,8,12H2,1-3H3;1-2H,(H,5,6)(H,7,8)/b;2-1-. The van der Waals surface area contributed by atoms with Gasteiger partial charge in [0, 0.05) is 33.4 Å². The van der Waals surface area contributed by atoms with E-state index in [1.54, 1.807) is 6.92 Å². The number of carbonyl (C=O) groups is 3. The number of rotatable bonds is 7. The number of aliphatic carboxylic acids is 2. The molecule has 1 unspecified atom stereocenters. The third kappa shape index (κ3) is 7.38. The Morgan fingerprint density at radius 2 is 1.58 bits per heavy atom. The molecular weight excluding hydrogens is 414 g/mol. The lowest BCUT2D eigenvalue weighted by molar-refractivity contribution is -0.134. The second-order valence-electron chi connectivity index (χ2n) is 7.46. The first-order valence-corrected chi connectivity index (χ1v) is 10.7. The Bertz CT molecular complexity index is 968. The van der Waals surface area contributed by atoms with Crippen LogP contribution in [0.5, 0.6) is 0 Å². The molecule has 0 amide bonds. The van der Waals surface area contributed by atoms with Gasteiger partial charge >= 0.3 is 11.9 Å². The smallest absolute Gasteiger partial charge is 0.328 e. The Kier molecular flexibility index (Phi) is 9.03. The van der Waals surface area contributed by atoms with Crippen molar-refractivity contribution in [1.82, 2.24) is 4.90 Å². The van der Waals surface area contributed by atoms with Gasteiger partial charge in [0.1, 0.15) is 0 Å². The van der Waals surface area contributed by atoms with Crippen LogP contribution in [-0.4, -0.2) is 53.5 Å². The molecule has 1 atom stereocenters. The molecule has 1 aliphatic heterocycles. The summed E-state index contributed by atoms with van der Waals surface area (Å²) < 4.78 is 0. The molecule has 0 saturated heterocycles. The van der Waals surface area contributed by atoms with Crippen LogP contribution in [0.25, 0.3) is 0 Å². The third-order valence-corrected chi connectivity index (χ3v) is 5.96. The number of hydrogen-bond donors (Lipinski definition) is 2. The summed E-state index contributed by atoms with van der Waals surface area (Å²) in [5.41, 5.74) is 3.55. The van der Waals surface area contributed by atoms with E-state index in [1.165, 1.54) is 20.9 Å². The highest BCUT2D eigenvalue weighted by molar-refractivity contribution is 7.99. The van der Waals surface area contributed by atoms with Crippen LogP contribution in [0, 0.1) is 0 Å². The van der Waals surface area contributed by atoms with Gasteiger partial charge < -0.3 is 15.1 Å². The minimum absolute atomic E-state index is 0.142. The van der Waals surface area contributed by atoms with Gasteiger partial charge in [0.25, 0.3) is 0 Å². The highest BCUT2D eigenvalue weighted by Gasteiger charge is 2.26. The quantitative estimate of drug-likeness (QED) is 0.481. The van der Waals surface area contributed by atoms with Gasteiger partial charge in [0.05, 0.1) is 0 Å². The molecule has 2 aromatic rings. The van der Waals surface area contributed by atoms with E-state index >= 15 is 0 Å². The van der Waals surface area contributed by atoms with Gasteiger partial charge in [-0.05, 0) is 69.7 Å². The minimum Gasteiger partial charge on any atom is -0.478 e. The van der Waals surface area contributed by atoms with E-state index in [-0.39, 0.29) is 5.78 Å². The number of ketones is 1. The molecular formula is C24H27NO5S. The Morgan fingerprint density at radius 3 is 2.16 bits per heavy atom. The molecule has 2 aromatic carbocycles. The fourth-order valence-electron chi connectivity index (χ4n) is 3.35. The summed E-state index contributed by atoms with van der Waals surface area (Å²) in [6.07, 6.45) is 3.38. The molecule has 7 heteroatoms. The van der Waals surface area contributed by atoms with Crippen LogP contribution in [-0.2, 0) is 9.59 Å². The van der Waals surface area contributed by atoms with Gasteiger partial charge in [0.2, 0.25) is 0 Å². The second kappa shape index (κ2) is 11.5. The molecule has 0 saturated carbocycles. The largest absolute Gasteiger partial charge is 0.478 e. The molecule has 0 radical (unpaired) electrons. The zero-order chi connectivity index (χ0) is 23.0. The average Bonchev–Trinajstić information content (AvgIpc) is 2.71. The van der Waals surface area contributed by atoms with Crippen LogP contribution in [0.3, 0.4) is 0 Å². The van der Waals surface area contributed by atoms with Crippen molar-refractivity contribution in [3.05, 3.63) is 71.3 Å². The summed E-state index contributed by atoms with van der Waals surface area (Å²) in [7, 11) is 4.24. The lowest BCUT2D eigenvalue weighted by Gasteiger charge is -2.28. The van der Waals surface area contributed by atoms with Crippen LogP contribution in [0.15, 0.2) is 64.4 Å². The topological polar surface area (TPSA) is 94.9 Å². The van der Waals surface area contributed by atoms with Crippen molar-refractivity contribution in [2.75, 3.05) is 20.6 Å². The van der Waals surface area contributed by atoms with Crippen molar-refractivity contribution in [1.29, 1.82) is 0 Å². The fraction of sp³-hybridized carbons (Fsp3) is 0.292. The highest BCUT2D eigenvalue weighted by Crippen LogP contribution is 2.47. The number of Topliss-reactive ketones (excluding diaryl/α,β-unsaturated/α-hetero) is 1. The summed E-state index contributed by atoms with van der Waals surface area (Å²) in [5.74, 6) is -1.98. The van der Waals surface area contributed by atoms with E-state index in [0.717, 1.165) is 24.9 Å². The molecule has 164 valence electrons. The maximum atomic E-state index is 11.8. The van der Waals surface area contributed by atoms with Gasteiger partial charge in [0.15, 0.2) is 5.78 Å². The lowest BCUT2D eigenvalue weighted by Crippen LogP contribution is -2.16. The number of benzene rings is 2. The molecule has 31 heavy (non-hydrogen) atoms. The summed E-state index contributed by atoms with van der Waals surface area (Å²) in [6, 6.07) is 14.9. The monoisotopic (exact) mass is 441 g/mol. The normalized spacial score (nSPS) is 14.4. The maximum absolute atomic E-state index is 11.8. The molecule has 6 nitrogen and oxygen atoms in total.